The van der Waals surface area contributed by atoms with Gasteiger partial charge in [-0.15, -0.1) is 0 Å². The molecule has 0 aliphatic carbocycles. The Morgan fingerprint density at radius 2 is 2.00 bits per heavy atom. The van der Waals surface area contributed by atoms with Crippen LogP contribution in [-0.2, 0) is 23.1 Å². The number of hydrogen-bond donors (Lipinski definition) is 1. The van der Waals surface area contributed by atoms with E-state index in [4.69, 9.17) is 4.74 Å². The van der Waals surface area contributed by atoms with Crippen molar-refractivity contribution in [1.82, 2.24) is 24.5 Å². The number of amides is 1. The molecule has 1 amide bonds. The van der Waals surface area contributed by atoms with E-state index in [0.717, 1.165) is 16.8 Å². The number of ether oxygens (including phenoxy) is 1. The highest BCUT2D eigenvalue weighted by Gasteiger charge is 2.12. The molecular weight excluding hydrogens is 348 g/mol. The maximum absolute atomic E-state index is 12.2. The molecule has 9 nitrogen and oxygen atoms in total. The molecule has 3 aromatic rings. The van der Waals surface area contributed by atoms with Crippen LogP contribution in [0.4, 0.5) is 5.82 Å². The summed E-state index contributed by atoms with van der Waals surface area (Å²) in [4.78, 5) is 28.1. The maximum atomic E-state index is 12.2. The summed E-state index contributed by atoms with van der Waals surface area (Å²) in [7, 11) is 1.76. The highest BCUT2D eigenvalue weighted by atomic mass is 16.5. The normalized spacial score (nSPS) is 10.6. The van der Waals surface area contributed by atoms with E-state index in [0.29, 0.717) is 18.0 Å². The van der Waals surface area contributed by atoms with Crippen LogP contribution < -0.4 is 5.32 Å². The summed E-state index contributed by atoms with van der Waals surface area (Å²) < 4.78 is 8.11. The summed E-state index contributed by atoms with van der Waals surface area (Å²) in [5.74, 6) is -0.0210. The van der Waals surface area contributed by atoms with Gasteiger partial charge in [0.15, 0.2) is 0 Å². The Morgan fingerprint density at radius 3 is 2.70 bits per heavy atom. The summed E-state index contributed by atoms with van der Waals surface area (Å²) >= 11 is 0. The summed E-state index contributed by atoms with van der Waals surface area (Å²) in [6, 6.07) is 3.48. The Morgan fingerprint density at radius 1 is 1.19 bits per heavy atom. The molecule has 140 valence electrons. The van der Waals surface area contributed by atoms with Crippen LogP contribution in [0.15, 0.2) is 36.9 Å². The molecule has 0 saturated heterocycles. The molecule has 0 fully saturated rings. The van der Waals surface area contributed by atoms with Gasteiger partial charge in [-0.25, -0.2) is 4.79 Å². The average Bonchev–Trinajstić information content (AvgIpc) is 3.21. The number of rotatable bonds is 6. The van der Waals surface area contributed by atoms with Gasteiger partial charge in [-0.2, -0.15) is 10.2 Å². The third-order valence-corrected chi connectivity index (χ3v) is 3.79. The molecule has 3 aromatic heterocycles. The number of carbonyl (C=O) groups is 2. The Labute approximate surface area is 156 Å². The molecular formula is C18H20N6O3. The minimum absolute atomic E-state index is 0.0508. The van der Waals surface area contributed by atoms with E-state index in [1.807, 2.05) is 6.92 Å². The van der Waals surface area contributed by atoms with Crippen LogP contribution in [0.25, 0.3) is 11.1 Å². The van der Waals surface area contributed by atoms with E-state index < -0.39 is 5.97 Å². The molecule has 0 saturated carbocycles. The third-order valence-electron chi connectivity index (χ3n) is 3.79. The minimum Gasteiger partial charge on any atom is -0.462 e. The highest BCUT2D eigenvalue weighted by Crippen LogP contribution is 2.19. The van der Waals surface area contributed by atoms with Crippen LogP contribution in [0, 0.1) is 6.92 Å². The first kappa shape index (κ1) is 18.3. The predicted octanol–water partition coefficient (Wildman–Crippen LogP) is 1.80. The van der Waals surface area contributed by atoms with Crippen LogP contribution in [0.3, 0.4) is 0 Å². The number of aryl methyl sites for hydroxylation is 2. The number of pyridine rings is 1. The molecule has 0 radical (unpaired) electrons. The van der Waals surface area contributed by atoms with Gasteiger partial charge in [-0.1, -0.05) is 0 Å². The smallest absolute Gasteiger partial charge is 0.339 e. The fourth-order valence-electron chi connectivity index (χ4n) is 2.58. The lowest BCUT2D eigenvalue weighted by Gasteiger charge is -2.05. The van der Waals surface area contributed by atoms with E-state index in [1.165, 1.54) is 10.9 Å². The first-order valence-corrected chi connectivity index (χ1v) is 8.41. The number of aromatic nitrogens is 5. The number of anilines is 1. The Bertz CT molecular complexity index is 975. The fraction of sp³-hybridized carbons (Fsp3) is 0.278. The second-order valence-electron chi connectivity index (χ2n) is 5.95. The summed E-state index contributed by atoms with van der Waals surface area (Å²) in [6.07, 6.45) is 6.42. The number of esters is 1. The largest absolute Gasteiger partial charge is 0.462 e. The molecule has 0 aromatic carbocycles. The van der Waals surface area contributed by atoms with Crippen LogP contribution in [0.5, 0.6) is 0 Å². The Hall–Kier alpha value is -3.49. The third kappa shape index (κ3) is 4.38. The standard InChI is InChI=1S/C18H20N6O3/c1-4-27-18(26)14-6-13(7-19-8-14)15-9-20-24(10-15)11-17(25)21-16-5-12(2)22-23(16)3/h5-10H,4,11H2,1-3H3,(H,21,25). The zero-order chi connectivity index (χ0) is 19.4. The van der Waals surface area contributed by atoms with E-state index in [2.05, 4.69) is 20.5 Å². The molecule has 0 aliphatic rings. The number of carbonyl (C=O) groups excluding carboxylic acids is 2. The molecule has 27 heavy (non-hydrogen) atoms. The van der Waals surface area contributed by atoms with Gasteiger partial charge >= 0.3 is 5.97 Å². The quantitative estimate of drug-likeness (QED) is 0.666. The van der Waals surface area contributed by atoms with Gasteiger partial charge in [0.1, 0.15) is 12.4 Å². The van der Waals surface area contributed by atoms with Crippen molar-refractivity contribution in [3.63, 3.8) is 0 Å². The number of nitrogens with zero attached hydrogens (tertiary/aromatic N) is 5. The number of nitrogens with one attached hydrogen (secondary N) is 1. The van der Waals surface area contributed by atoms with Crippen molar-refractivity contribution in [2.75, 3.05) is 11.9 Å². The van der Waals surface area contributed by atoms with E-state index in [1.54, 1.807) is 49.4 Å². The van der Waals surface area contributed by atoms with Crippen LogP contribution in [0.2, 0.25) is 0 Å². The van der Waals surface area contributed by atoms with Crippen LogP contribution in [0.1, 0.15) is 23.0 Å². The lowest BCUT2D eigenvalue weighted by atomic mass is 10.1. The second kappa shape index (κ2) is 7.81. The SMILES string of the molecule is CCOC(=O)c1cncc(-c2cnn(CC(=O)Nc3cc(C)nn3C)c2)c1. The molecule has 0 bridgehead atoms. The van der Waals surface area contributed by atoms with Crippen LogP contribution in [-0.4, -0.2) is 43.0 Å². The summed E-state index contributed by atoms with van der Waals surface area (Å²) in [5.41, 5.74) is 2.65. The van der Waals surface area contributed by atoms with Crippen molar-refractivity contribution in [2.45, 2.75) is 20.4 Å². The van der Waals surface area contributed by atoms with Crippen molar-refractivity contribution in [3.8, 4) is 11.1 Å². The van der Waals surface area contributed by atoms with Gasteiger partial charge in [0.05, 0.1) is 24.1 Å². The first-order chi connectivity index (χ1) is 13.0. The molecule has 3 rings (SSSR count). The van der Waals surface area contributed by atoms with Gasteiger partial charge < -0.3 is 10.1 Å². The maximum Gasteiger partial charge on any atom is 0.339 e. The minimum atomic E-state index is -0.426. The van der Waals surface area contributed by atoms with E-state index in [-0.39, 0.29) is 12.5 Å². The van der Waals surface area contributed by atoms with Gasteiger partial charge in [0, 0.05) is 42.8 Å². The van der Waals surface area contributed by atoms with Crippen molar-refractivity contribution in [1.29, 1.82) is 0 Å². The summed E-state index contributed by atoms with van der Waals surface area (Å²) in [6.45, 7) is 3.95. The highest BCUT2D eigenvalue weighted by molar-refractivity contribution is 5.91. The van der Waals surface area contributed by atoms with Crippen molar-refractivity contribution < 1.29 is 14.3 Å². The second-order valence-corrected chi connectivity index (χ2v) is 5.95. The molecule has 0 spiro atoms. The zero-order valence-corrected chi connectivity index (χ0v) is 15.3. The van der Waals surface area contributed by atoms with Gasteiger partial charge in [0.25, 0.3) is 0 Å². The Kier molecular flexibility index (Phi) is 5.30. The molecule has 1 N–H and O–H groups in total. The Balaban J connectivity index is 1.69. The molecule has 3 heterocycles. The van der Waals surface area contributed by atoms with Crippen LogP contribution >= 0.6 is 0 Å². The lowest BCUT2D eigenvalue weighted by molar-refractivity contribution is -0.116. The molecule has 0 aliphatic heterocycles. The average molecular weight is 368 g/mol. The number of hydrogen-bond acceptors (Lipinski definition) is 6. The summed E-state index contributed by atoms with van der Waals surface area (Å²) in [5, 5.41) is 11.2. The van der Waals surface area contributed by atoms with E-state index in [9.17, 15) is 9.59 Å². The lowest BCUT2D eigenvalue weighted by Crippen LogP contribution is -2.20. The fourth-order valence-corrected chi connectivity index (χ4v) is 2.58. The van der Waals surface area contributed by atoms with E-state index >= 15 is 0 Å². The predicted molar refractivity (Wildman–Crippen MR) is 98.0 cm³/mol. The van der Waals surface area contributed by atoms with Crippen molar-refractivity contribution in [3.05, 3.63) is 48.2 Å². The van der Waals surface area contributed by atoms with Gasteiger partial charge in [-0.05, 0) is 19.9 Å². The van der Waals surface area contributed by atoms with Gasteiger partial charge in [0.2, 0.25) is 5.91 Å². The first-order valence-electron chi connectivity index (χ1n) is 8.41. The molecule has 0 atom stereocenters. The topological polar surface area (TPSA) is 104 Å². The zero-order valence-electron chi connectivity index (χ0n) is 15.3. The van der Waals surface area contributed by atoms with Crippen molar-refractivity contribution >= 4 is 17.7 Å². The van der Waals surface area contributed by atoms with Gasteiger partial charge in [-0.3, -0.25) is 19.1 Å². The molecule has 9 heteroatoms. The molecule has 0 unspecified atom stereocenters. The van der Waals surface area contributed by atoms with Crippen molar-refractivity contribution in [2.24, 2.45) is 7.05 Å². The monoisotopic (exact) mass is 368 g/mol.